The van der Waals surface area contributed by atoms with Crippen molar-refractivity contribution in [1.82, 2.24) is 15.1 Å². The maximum atomic E-state index is 5.49. The summed E-state index contributed by atoms with van der Waals surface area (Å²) in [5.74, 6) is 3.02. The minimum absolute atomic E-state index is 0.631. The summed E-state index contributed by atoms with van der Waals surface area (Å²) in [7, 11) is 4.93. The third-order valence-electron chi connectivity index (χ3n) is 5.32. The Morgan fingerprint density at radius 1 is 1.03 bits per heavy atom. The Morgan fingerprint density at radius 2 is 1.71 bits per heavy atom. The fraction of sp³-hybridized carbons (Fsp3) is 0.522. The quantitative estimate of drug-likeness (QED) is 0.496. The van der Waals surface area contributed by atoms with Gasteiger partial charge in [0.15, 0.2) is 17.5 Å². The Kier molecular flexibility index (Phi) is 8.43. The number of nitrogens with one attached hydrogen (secondary N) is 1. The van der Waals surface area contributed by atoms with E-state index in [1.807, 2.05) is 23.5 Å². The van der Waals surface area contributed by atoms with Gasteiger partial charge >= 0.3 is 0 Å². The molecule has 3 rings (SSSR count). The van der Waals surface area contributed by atoms with Crippen molar-refractivity contribution < 1.29 is 14.2 Å². The second kappa shape index (κ2) is 11.2. The number of hydrogen-bond donors (Lipinski definition) is 1. The van der Waals surface area contributed by atoms with Gasteiger partial charge in [0, 0.05) is 49.0 Å². The number of benzene rings is 1. The molecule has 0 amide bonds. The number of aliphatic imine (C=N–C) groups is 1. The zero-order valence-electron chi connectivity index (χ0n) is 19.2. The van der Waals surface area contributed by atoms with Crippen LogP contribution in [-0.2, 0) is 13.1 Å². The second-order valence-electron chi connectivity index (χ2n) is 7.48. The van der Waals surface area contributed by atoms with Crippen LogP contribution in [0.1, 0.15) is 22.2 Å². The molecule has 1 fully saturated rings. The van der Waals surface area contributed by atoms with E-state index in [4.69, 9.17) is 19.2 Å². The molecule has 0 unspecified atom stereocenters. The molecular formula is C23H34N4O3S. The summed E-state index contributed by atoms with van der Waals surface area (Å²) in [6.07, 6.45) is 0. The molecule has 1 aromatic carbocycles. The monoisotopic (exact) mass is 446 g/mol. The molecule has 8 heteroatoms. The third kappa shape index (κ3) is 6.04. The molecule has 2 heterocycles. The van der Waals surface area contributed by atoms with E-state index < -0.39 is 0 Å². The largest absolute Gasteiger partial charge is 0.493 e. The average molecular weight is 447 g/mol. The molecule has 0 bridgehead atoms. The molecule has 1 aliphatic heterocycles. The van der Waals surface area contributed by atoms with Crippen molar-refractivity contribution in [3.8, 4) is 17.2 Å². The number of hydrogen-bond acceptors (Lipinski definition) is 6. The van der Waals surface area contributed by atoms with E-state index in [2.05, 4.69) is 41.1 Å². The number of piperazine rings is 1. The summed E-state index contributed by atoms with van der Waals surface area (Å²) in [4.78, 5) is 12.3. The molecule has 1 aromatic heterocycles. The van der Waals surface area contributed by atoms with E-state index in [1.54, 1.807) is 21.3 Å². The predicted octanol–water partition coefficient (Wildman–Crippen LogP) is 3.37. The second-order valence-corrected chi connectivity index (χ2v) is 8.85. The topological polar surface area (TPSA) is 58.6 Å². The zero-order valence-corrected chi connectivity index (χ0v) is 20.1. The SMILES string of the molecule is CCNC(=NCc1ccc(C)s1)N1CCN(Cc2cc(OC)c(OC)c(OC)c2)CC1. The van der Waals surface area contributed by atoms with Crippen LogP contribution in [0.5, 0.6) is 17.2 Å². The van der Waals surface area contributed by atoms with Crippen molar-refractivity contribution in [3.05, 3.63) is 39.6 Å². The zero-order chi connectivity index (χ0) is 22.2. The molecule has 1 N–H and O–H groups in total. The van der Waals surface area contributed by atoms with Crippen LogP contribution in [-0.4, -0.2) is 69.8 Å². The normalized spacial score (nSPS) is 15.1. The van der Waals surface area contributed by atoms with E-state index in [1.165, 1.54) is 9.75 Å². The maximum absolute atomic E-state index is 5.49. The van der Waals surface area contributed by atoms with E-state index >= 15 is 0 Å². The lowest BCUT2D eigenvalue weighted by molar-refractivity contribution is 0.172. The Labute approximate surface area is 189 Å². The molecule has 0 radical (unpaired) electrons. The molecule has 1 saturated heterocycles. The number of thiophene rings is 1. The van der Waals surface area contributed by atoms with Crippen molar-refractivity contribution in [1.29, 1.82) is 0 Å². The first-order valence-electron chi connectivity index (χ1n) is 10.7. The third-order valence-corrected chi connectivity index (χ3v) is 6.30. The highest BCUT2D eigenvalue weighted by Crippen LogP contribution is 2.38. The van der Waals surface area contributed by atoms with Crippen molar-refractivity contribution in [3.63, 3.8) is 0 Å². The summed E-state index contributed by atoms with van der Waals surface area (Å²) in [5.41, 5.74) is 1.15. The van der Waals surface area contributed by atoms with Crippen molar-refractivity contribution in [2.24, 2.45) is 4.99 Å². The number of methoxy groups -OCH3 is 3. The number of aryl methyl sites for hydroxylation is 1. The van der Waals surface area contributed by atoms with Crippen LogP contribution in [0, 0.1) is 6.92 Å². The molecule has 170 valence electrons. The summed E-state index contributed by atoms with van der Waals surface area (Å²) < 4.78 is 16.4. The number of guanidine groups is 1. The molecule has 0 aliphatic carbocycles. The minimum atomic E-state index is 0.631. The van der Waals surface area contributed by atoms with Gasteiger partial charge in [-0.3, -0.25) is 4.90 Å². The van der Waals surface area contributed by atoms with Gasteiger partial charge in [-0.25, -0.2) is 4.99 Å². The lowest BCUT2D eigenvalue weighted by Crippen LogP contribution is -2.52. The van der Waals surface area contributed by atoms with Crippen molar-refractivity contribution >= 4 is 17.3 Å². The van der Waals surface area contributed by atoms with Gasteiger partial charge in [0.1, 0.15) is 0 Å². The Balaban J connectivity index is 1.61. The van der Waals surface area contributed by atoms with Gasteiger partial charge in [-0.05, 0) is 43.7 Å². The van der Waals surface area contributed by atoms with Gasteiger partial charge in [-0.2, -0.15) is 0 Å². The van der Waals surface area contributed by atoms with Gasteiger partial charge < -0.3 is 24.4 Å². The molecule has 0 saturated carbocycles. The number of rotatable bonds is 8. The van der Waals surface area contributed by atoms with Crippen molar-refractivity contribution in [2.45, 2.75) is 26.9 Å². The molecule has 2 aromatic rings. The van der Waals surface area contributed by atoms with Gasteiger partial charge in [0.25, 0.3) is 0 Å². The first-order valence-corrected chi connectivity index (χ1v) is 11.5. The lowest BCUT2D eigenvalue weighted by atomic mass is 10.1. The van der Waals surface area contributed by atoms with Gasteiger partial charge in [0.2, 0.25) is 5.75 Å². The molecule has 7 nitrogen and oxygen atoms in total. The fourth-order valence-corrected chi connectivity index (χ4v) is 4.57. The van der Waals surface area contributed by atoms with E-state index in [-0.39, 0.29) is 0 Å². The molecule has 31 heavy (non-hydrogen) atoms. The lowest BCUT2D eigenvalue weighted by Gasteiger charge is -2.36. The van der Waals surface area contributed by atoms with E-state index in [9.17, 15) is 0 Å². The molecule has 0 spiro atoms. The summed E-state index contributed by atoms with van der Waals surface area (Å²) in [6, 6.07) is 8.39. The number of nitrogens with zero attached hydrogens (tertiary/aromatic N) is 3. The molecule has 1 aliphatic rings. The Morgan fingerprint density at radius 3 is 2.23 bits per heavy atom. The number of ether oxygens (including phenoxy) is 3. The fourth-order valence-electron chi connectivity index (χ4n) is 3.75. The molecular weight excluding hydrogens is 412 g/mol. The maximum Gasteiger partial charge on any atom is 0.203 e. The van der Waals surface area contributed by atoms with Crippen molar-refractivity contribution in [2.75, 3.05) is 54.1 Å². The van der Waals surface area contributed by atoms with E-state index in [0.29, 0.717) is 17.2 Å². The first-order chi connectivity index (χ1) is 15.1. The first kappa shape index (κ1) is 23.2. The van der Waals surface area contributed by atoms with Gasteiger partial charge in [-0.15, -0.1) is 11.3 Å². The Hall–Kier alpha value is -2.45. The standard InChI is InChI=1S/C23H34N4O3S/c1-6-24-23(25-15-19-8-7-17(2)31-19)27-11-9-26(10-12-27)16-18-13-20(28-3)22(30-5)21(14-18)29-4/h7-8,13-14H,6,9-12,15-16H2,1-5H3,(H,24,25). The van der Waals surface area contributed by atoms with Crippen LogP contribution in [0.25, 0.3) is 0 Å². The van der Waals surface area contributed by atoms with Gasteiger partial charge in [0.05, 0.1) is 27.9 Å². The molecule has 0 atom stereocenters. The van der Waals surface area contributed by atoms with Crippen LogP contribution < -0.4 is 19.5 Å². The Bertz CT molecular complexity index is 850. The smallest absolute Gasteiger partial charge is 0.203 e. The van der Waals surface area contributed by atoms with Crippen LogP contribution in [0.3, 0.4) is 0 Å². The van der Waals surface area contributed by atoms with Crippen LogP contribution in [0.15, 0.2) is 29.3 Å². The van der Waals surface area contributed by atoms with Crippen LogP contribution >= 0.6 is 11.3 Å². The van der Waals surface area contributed by atoms with Gasteiger partial charge in [-0.1, -0.05) is 0 Å². The highest BCUT2D eigenvalue weighted by molar-refractivity contribution is 7.11. The predicted molar refractivity (Wildman–Crippen MR) is 127 cm³/mol. The highest BCUT2D eigenvalue weighted by atomic mass is 32.1. The summed E-state index contributed by atoms with van der Waals surface area (Å²) in [6.45, 7) is 10.5. The minimum Gasteiger partial charge on any atom is -0.493 e. The average Bonchev–Trinajstić information content (AvgIpc) is 3.21. The summed E-state index contributed by atoms with van der Waals surface area (Å²) >= 11 is 1.81. The van der Waals surface area contributed by atoms with E-state index in [0.717, 1.165) is 57.3 Å². The highest BCUT2D eigenvalue weighted by Gasteiger charge is 2.21. The summed E-state index contributed by atoms with van der Waals surface area (Å²) in [5, 5.41) is 3.45. The van der Waals surface area contributed by atoms with Crippen LogP contribution in [0.4, 0.5) is 0 Å². The van der Waals surface area contributed by atoms with Crippen LogP contribution in [0.2, 0.25) is 0 Å².